The molecular formula is C18H19N7O2. The molecule has 0 aliphatic rings. The highest BCUT2D eigenvalue weighted by atomic mass is 16.5. The zero-order valence-electron chi connectivity index (χ0n) is 15.2. The summed E-state index contributed by atoms with van der Waals surface area (Å²) in [6.45, 7) is 0.476. The molecule has 138 valence electrons. The first-order chi connectivity index (χ1) is 13.1. The fourth-order valence-electron chi connectivity index (χ4n) is 2.92. The lowest BCUT2D eigenvalue weighted by molar-refractivity contribution is 0.356. The highest BCUT2D eigenvalue weighted by Crippen LogP contribution is 2.34. The molecule has 9 nitrogen and oxygen atoms in total. The summed E-state index contributed by atoms with van der Waals surface area (Å²) in [5, 5.41) is 9.11. The van der Waals surface area contributed by atoms with Gasteiger partial charge < -0.3 is 20.1 Å². The van der Waals surface area contributed by atoms with Gasteiger partial charge in [-0.1, -0.05) is 6.07 Å². The molecule has 0 saturated carbocycles. The highest BCUT2D eigenvalue weighted by Gasteiger charge is 2.15. The molecule has 3 heterocycles. The van der Waals surface area contributed by atoms with E-state index in [9.17, 15) is 0 Å². The van der Waals surface area contributed by atoms with Crippen LogP contribution in [0.3, 0.4) is 0 Å². The minimum atomic E-state index is 0.369. The van der Waals surface area contributed by atoms with Gasteiger partial charge in [0.25, 0.3) is 0 Å². The van der Waals surface area contributed by atoms with Gasteiger partial charge in [0.1, 0.15) is 5.82 Å². The van der Waals surface area contributed by atoms with Gasteiger partial charge in [-0.25, -0.2) is 4.98 Å². The van der Waals surface area contributed by atoms with Crippen LogP contribution in [0.15, 0.2) is 36.5 Å². The molecular weight excluding hydrogens is 346 g/mol. The van der Waals surface area contributed by atoms with Crippen molar-refractivity contribution >= 4 is 28.3 Å². The van der Waals surface area contributed by atoms with E-state index >= 15 is 0 Å². The lowest BCUT2D eigenvalue weighted by Crippen LogP contribution is -2.21. The van der Waals surface area contributed by atoms with Crippen LogP contribution < -0.4 is 20.1 Å². The van der Waals surface area contributed by atoms with Gasteiger partial charge in [0.05, 0.1) is 26.3 Å². The Balaban J connectivity index is 1.72. The summed E-state index contributed by atoms with van der Waals surface area (Å²) in [5.74, 6) is 2.80. The van der Waals surface area contributed by atoms with E-state index in [-0.39, 0.29) is 0 Å². The number of rotatable bonds is 5. The Kier molecular flexibility index (Phi) is 4.11. The number of nitrogens with zero attached hydrogens (tertiary/aromatic N) is 6. The van der Waals surface area contributed by atoms with Crippen molar-refractivity contribution in [2.45, 2.75) is 6.54 Å². The second-order valence-electron chi connectivity index (χ2n) is 6.03. The molecule has 0 radical (unpaired) electrons. The minimum Gasteiger partial charge on any atom is -0.493 e. The summed E-state index contributed by atoms with van der Waals surface area (Å²) in [7, 11) is 5.04. The molecule has 1 aromatic carbocycles. The van der Waals surface area contributed by atoms with Crippen molar-refractivity contribution in [1.82, 2.24) is 24.6 Å². The van der Waals surface area contributed by atoms with E-state index in [0.29, 0.717) is 40.7 Å². The number of aromatic nitrogens is 5. The highest BCUT2D eigenvalue weighted by molar-refractivity contribution is 5.91. The topological polar surface area (TPSA) is 104 Å². The largest absolute Gasteiger partial charge is 0.493 e. The van der Waals surface area contributed by atoms with E-state index in [2.05, 4.69) is 20.2 Å². The molecule has 0 fully saturated rings. The maximum absolute atomic E-state index is 6.17. The molecule has 0 amide bonds. The summed E-state index contributed by atoms with van der Waals surface area (Å²) in [6, 6.07) is 9.33. The predicted octanol–water partition coefficient (Wildman–Crippen LogP) is 1.91. The zero-order chi connectivity index (χ0) is 19.0. The Morgan fingerprint density at radius 2 is 1.85 bits per heavy atom. The number of hydrogen-bond donors (Lipinski definition) is 1. The van der Waals surface area contributed by atoms with Gasteiger partial charge in [-0.05, 0) is 18.2 Å². The Bertz CT molecular complexity index is 1130. The number of nitrogen functional groups attached to an aromatic ring is 1. The number of hydrogen-bond acceptors (Lipinski definition) is 8. The third kappa shape index (κ3) is 2.92. The molecule has 27 heavy (non-hydrogen) atoms. The van der Waals surface area contributed by atoms with Gasteiger partial charge >= 0.3 is 0 Å². The number of anilines is 2. The number of methoxy groups -OCH3 is 2. The molecule has 0 bridgehead atoms. The van der Waals surface area contributed by atoms with E-state index in [4.69, 9.17) is 15.2 Å². The van der Waals surface area contributed by atoms with E-state index in [1.807, 2.05) is 40.7 Å². The fraction of sp³-hybridized carbons (Fsp3) is 0.222. The van der Waals surface area contributed by atoms with Crippen LogP contribution in [-0.2, 0) is 6.54 Å². The van der Waals surface area contributed by atoms with Crippen LogP contribution in [0.25, 0.3) is 16.6 Å². The van der Waals surface area contributed by atoms with Crippen LogP contribution >= 0.6 is 0 Å². The molecule has 4 aromatic rings. The van der Waals surface area contributed by atoms with Crippen molar-refractivity contribution in [3.63, 3.8) is 0 Å². The third-order valence-corrected chi connectivity index (χ3v) is 4.32. The quantitative estimate of drug-likeness (QED) is 0.572. The average Bonchev–Trinajstić information content (AvgIpc) is 3.09. The van der Waals surface area contributed by atoms with Gasteiger partial charge in [0.2, 0.25) is 5.95 Å². The maximum atomic E-state index is 6.17. The van der Waals surface area contributed by atoms with Crippen LogP contribution in [0.2, 0.25) is 0 Å². The van der Waals surface area contributed by atoms with Gasteiger partial charge in [0.15, 0.2) is 23.0 Å². The smallest absolute Gasteiger partial charge is 0.228 e. The van der Waals surface area contributed by atoms with E-state index in [1.54, 1.807) is 26.4 Å². The average molecular weight is 365 g/mol. The first-order valence-electron chi connectivity index (χ1n) is 8.29. The van der Waals surface area contributed by atoms with Crippen molar-refractivity contribution in [3.8, 4) is 11.5 Å². The summed E-state index contributed by atoms with van der Waals surface area (Å²) in [4.78, 5) is 10.9. The van der Waals surface area contributed by atoms with Crippen LogP contribution in [0.1, 0.15) is 5.82 Å². The molecule has 0 aliphatic heterocycles. The van der Waals surface area contributed by atoms with Crippen LogP contribution in [-0.4, -0.2) is 45.8 Å². The first-order valence-corrected chi connectivity index (χ1v) is 8.29. The Morgan fingerprint density at radius 1 is 1.07 bits per heavy atom. The number of fused-ring (bicyclic) bond motifs is 2. The summed E-state index contributed by atoms with van der Waals surface area (Å²) in [5.41, 5.74) is 7.63. The van der Waals surface area contributed by atoms with Crippen molar-refractivity contribution in [3.05, 3.63) is 42.4 Å². The monoisotopic (exact) mass is 365 g/mol. The summed E-state index contributed by atoms with van der Waals surface area (Å²) >= 11 is 0. The van der Waals surface area contributed by atoms with Crippen molar-refractivity contribution in [2.75, 3.05) is 31.9 Å². The van der Waals surface area contributed by atoms with E-state index in [1.165, 1.54) is 0 Å². The minimum absolute atomic E-state index is 0.369. The number of nitrogens with two attached hydrogens (primary N) is 1. The molecule has 2 N–H and O–H groups in total. The van der Waals surface area contributed by atoms with Crippen molar-refractivity contribution in [2.24, 2.45) is 0 Å². The Morgan fingerprint density at radius 3 is 2.63 bits per heavy atom. The van der Waals surface area contributed by atoms with E-state index in [0.717, 1.165) is 11.5 Å². The van der Waals surface area contributed by atoms with Crippen LogP contribution in [0.5, 0.6) is 11.5 Å². The standard InChI is InChI=1S/C18H19N7O2/c1-24(10-16-23-22-15-6-4-5-7-25(15)16)18-20-12-9-14(27-3)13(26-2)8-11(12)17(19)21-18/h4-9H,10H2,1-3H3,(H2,19,20,21). The number of ether oxygens (including phenoxy) is 2. The number of pyridine rings is 1. The Hall–Kier alpha value is -3.62. The molecule has 0 unspecified atom stereocenters. The van der Waals surface area contributed by atoms with Crippen LogP contribution in [0, 0.1) is 0 Å². The molecule has 3 aromatic heterocycles. The Labute approximate surface area is 155 Å². The van der Waals surface area contributed by atoms with Gasteiger partial charge in [0, 0.05) is 24.7 Å². The summed E-state index contributed by atoms with van der Waals surface area (Å²) < 4.78 is 12.6. The van der Waals surface area contributed by atoms with E-state index < -0.39 is 0 Å². The molecule has 9 heteroatoms. The third-order valence-electron chi connectivity index (χ3n) is 4.32. The molecule has 0 spiro atoms. The number of benzene rings is 1. The molecule has 0 aliphatic carbocycles. The van der Waals surface area contributed by atoms with Gasteiger partial charge in [-0.15, -0.1) is 10.2 Å². The predicted molar refractivity (Wildman–Crippen MR) is 102 cm³/mol. The SMILES string of the molecule is COc1cc2nc(N(C)Cc3nnc4ccccn34)nc(N)c2cc1OC. The summed E-state index contributed by atoms with van der Waals surface area (Å²) in [6.07, 6.45) is 1.92. The maximum Gasteiger partial charge on any atom is 0.228 e. The normalized spacial score (nSPS) is 11.1. The lowest BCUT2D eigenvalue weighted by Gasteiger charge is -2.17. The fourth-order valence-corrected chi connectivity index (χ4v) is 2.92. The van der Waals surface area contributed by atoms with Gasteiger partial charge in [-0.3, -0.25) is 4.40 Å². The lowest BCUT2D eigenvalue weighted by atomic mass is 10.2. The second-order valence-corrected chi connectivity index (χ2v) is 6.03. The molecule has 0 saturated heterocycles. The zero-order valence-corrected chi connectivity index (χ0v) is 15.2. The van der Waals surface area contributed by atoms with Gasteiger partial charge in [-0.2, -0.15) is 4.98 Å². The molecule has 0 atom stereocenters. The molecule has 4 rings (SSSR count). The van der Waals surface area contributed by atoms with Crippen molar-refractivity contribution in [1.29, 1.82) is 0 Å². The van der Waals surface area contributed by atoms with Crippen molar-refractivity contribution < 1.29 is 9.47 Å². The first kappa shape index (κ1) is 16.8. The van der Waals surface area contributed by atoms with Crippen LogP contribution in [0.4, 0.5) is 11.8 Å². The second kappa shape index (κ2) is 6.60.